The molecule has 0 amide bonds. The molecule has 1 aliphatic carbocycles. The Morgan fingerprint density at radius 2 is 1.94 bits per heavy atom. The minimum Gasteiger partial charge on any atom is -0.267 e. The molecule has 0 aliphatic heterocycles. The Hall–Kier alpha value is 0.127. The molecule has 0 saturated heterocycles. The SMILES string of the molecule is CCCCC[Si](C)(C)C1CC1OS(C)(=O)=O. The molecule has 0 aromatic heterocycles. The first-order valence-electron chi connectivity index (χ1n) is 6.14. The van der Waals surface area contributed by atoms with Crippen LogP contribution in [0.25, 0.3) is 0 Å². The molecule has 5 heteroatoms. The third kappa shape index (κ3) is 4.55. The van der Waals surface area contributed by atoms with Gasteiger partial charge in [0.05, 0.1) is 20.4 Å². The summed E-state index contributed by atoms with van der Waals surface area (Å²) in [5.41, 5.74) is 0.555. The Labute approximate surface area is 101 Å². The van der Waals surface area contributed by atoms with Crippen molar-refractivity contribution in [2.75, 3.05) is 6.26 Å². The smallest absolute Gasteiger partial charge is 0.264 e. The van der Waals surface area contributed by atoms with Gasteiger partial charge in [-0.1, -0.05) is 45.3 Å². The van der Waals surface area contributed by atoms with Crippen LogP contribution >= 0.6 is 0 Å². The fraction of sp³-hybridized carbons (Fsp3) is 1.00. The van der Waals surface area contributed by atoms with Gasteiger partial charge in [0.1, 0.15) is 0 Å². The van der Waals surface area contributed by atoms with Crippen LogP contribution in [0, 0.1) is 0 Å². The van der Waals surface area contributed by atoms with E-state index in [1.807, 2.05) is 0 Å². The van der Waals surface area contributed by atoms with Gasteiger partial charge in [0.25, 0.3) is 10.1 Å². The number of rotatable bonds is 7. The van der Waals surface area contributed by atoms with Crippen LogP contribution in [0.4, 0.5) is 0 Å². The minimum absolute atomic E-state index is 0.00158. The summed E-state index contributed by atoms with van der Waals surface area (Å²) in [6, 6.07) is 1.30. The molecule has 0 aromatic rings. The molecule has 0 N–H and O–H groups in total. The highest BCUT2D eigenvalue weighted by atomic mass is 32.2. The molecule has 0 spiro atoms. The van der Waals surface area contributed by atoms with E-state index in [-0.39, 0.29) is 6.10 Å². The van der Waals surface area contributed by atoms with Gasteiger partial charge in [-0.3, -0.25) is 4.18 Å². The third-order valence-electron chi connectivity index (χ3n) is 3.46. The summed E-state index contributed by atoms with van der Waals surface area (Å²) < 4.78 is 27.1. The van der Waals surface area contributed by atoms with Gasteiger partial charge in [-0.2, -0.15) is 8.42 Å². The molecule has 0 aromatic carbocycles. The van der Waals surface area contributed by atoms with Crippen molar-refractivity contribution in [3.05, 3.63) is 0 Å². The lowest BCUT2D eigenvalue weighted by Crippen LogP contribution is -2.27. The zero-order valence-electron chi connectivity index (χ0n) is 10.8. The van der Waals surface area contributed by atoms with Crippen molar-refractivity contribution in [1.82, 2.24) is 0 Å². The first-order valence-corrected chi connectivity index (χ1v) is 11.2. The average Bonchev–Trinajstić information content (AvgIpc) is 2.81. The predicted molar refractivity (Wildman–Crippen MR) is 69.9 cm³/mol. The lowest BCUT2D eigenvalue weighted by atomic mass is 10.3. The van der Waals surface area contributed by atoms with E-state index in [2.05, 4.69) is 20.0 Å². The van der Waals surface area contributed by atoms with Crippen molar-refractivity contribution in [3.8, 4) is 0 Å². The first-order chi connectivity index (χ1) is 7.26. The second kappa shape index (κ2) is 5.19. The molecular weight excluding hydrogens is 240 g/mol. The average molecular weight is 264 g/mol. The second-order valence-electron chi connectivity index (χ2n) is 5.63. The zero-order valence-corrected chi connectivity index (χ0v) is 12.6. The van der Waals surface area contributed by atoms with Gasteiger partial charge in [0, 0.05) is 0 Å². The van der Waals surface area contributed by atoms with Crippen LogP contribution in [0.3, 0.4) is 0 Å². The van der Waals surface area contributed by atoms with Crippen molar-refractivity contribution in [1.29, 1.82) is 0 Å². The highest BCUT2D eigenvalue weighted by Gasteiger charge is 2.50. The van der Waals surface area contributed by atoms with Gasteiger partial charge in [-0.05, 0) is 12.0 Å². The summed E-state index contributed by atoms with van der Waals surface area (Å²) in [5.74, 6) is 0. The van der Waals surface area contributed by atoms with Gasteiger partial charge in [0.2, 0.25) is 0 Å². The molecule has 96 valence electrons. The summed E-state index contributed by atoms with van der Waals surface area (Å²) >= 11 is 0. The van der Waals surface area contributed by atoms with Crippen molar-refractivity contribution in [2.24, 2.45) is 0 Å². The Morgan fingerprint density at radius 1 is 1.31 bits per heavy atom. The molecule has 1 aliphatic rings. The van der Waals surface area contributed by atoms with E-state index in [4.69, 9.17) is 4.18 Å². The second-order valence-corrected chi connectivity index (χ2v) is 12.4. The highest BCUT2D eigenvalue weighted by molar-refractivity contribution is 7.86. The predicted octanol–water partition coefficient (Wildman–Crippen LogP) is 3.00. The van der Waals surface area contributed by atoms with Gasteiger partial charge < -0.3 is 0 Å². The van der Waals surface area contributed by atoms with E-state index < -0.39 is 18.2 Å². The molecule has 1 rings (SSSR count). The van der Waals surface area contributed by atoms with Crippen LogP contribution in [0.1, 0.15) is 32.6 Å². The molecule has 1 saturated carbocycles. The molecule has 2 atom stereocenters. The van der Waals surface area contributed by atoms with E-state index >= 15 is 0 Å². The maximum Gasteiger partial charge on any atom is 0.264 e. The Balaban J connectivity index is 2.36. The molecule has 0 bridgehead atoms. The lowest BCUT2D eigenvalue weighted by Gasteiger charge is -2.22. The maximum absolute atomic E-state index is 11.0. The summed E-state index contributed by atoms with van der Waals surface area (Å²) in [5, 5.41) is 0. The van der Waals surface area contributed by atoms with Crippen LogP contribution < -0.4 is 0 Å². The van der Waals surface area contributed by atoms with E-state index in [1.54, 1.807) is 0 Å². The molecule has 3 nitrogen and oxygen atoms in total. The van der Waals surface area contributed by atoms with E-state index in [9.17, 15) is 8.42 Å². The lowest BCUT2D eigenvalue weighted by molar-refractivity contribution is 0.308. The molecule has 0 radical (unpaired) electrons. The van der Waals surface area contributed by atoms with Crippen LogP contribution in [0.15, 0.2) is 0 Å². The summed E-state index contributed by atoms with van der Waals surface area (Å²) in [7, 11) is -4.52. The summed E-state index contributed by atoms with van der Waals surface area (Å²) in [6.45, 7) is 6.93. The van der Waals surface area contributed by atoms with Gasteiger partial charge >= 0.3 is 0 Å². The molecule has 1 fully saturated rings. The normalized spacial score (nSPS) is 25.8. The Kier molecular flexibility index (Phi) is 4.60. The van der Waals surface area contributed by atoms with E-state index in [0.29, 0.717) is 5.54 Å². The van der Waals surface area contributed by atoms with E-state index in [0.717, 1.165) is 12.7 Å². The number of unbranched alkanes of at least 4 members (excludes halogenated alkanes) is 2. The third-order valence-corrected chi connectivity index (χ3v) is 8.31. The molecule has 2 unspecified atom stereocenters. The van der Waals surface area contributed by atoms with Crippen LogP contribution in [-0.2, 0) is 14.3 Å². The fourth-order valence-corrected chi connectivity index (χ4v) is 6.58. The van der Waals surface area contributed by atoms with Crippen molar-refractivity contribution < 1.29 is 12.6 Å². The topological polar surface area (TPSA) is 43.4 Å². The monoisotopic (exact) mass is 264 g/mol. The fourth-order valence-electron chi connectivity index (χ4n) is 2.34. The van der Waals surface area contributed by atoms with Crippen molar-refractivity contribution in [2.45, 2.75) is 63.4 Å². The number of hydrogen-bond donors (Lipinski definition) is 0. The van der Waals surface area contributed by atoms with Crippen molar-refractivity contribution in [3.63, 3.8) is 0 Å². The molecule has 0 heterocycles. The molecular formula is C11H24O3SSi. The first kappa shape index (κ1) is 14.2. The van der Waals surface area contributed by atoms with Gasteiger partial charge in [0.15, 0.2) is 0 Å². The largest absolute Gasteiger partial charge is 0.267 e. The maximum atomic E-state index is 11.0. The van der Waals surface area contributed by atoms with Crippen LogP contribution in [-0.4, -0.2) is 28.9 Å². The van der Waals surface area contributed by atoms with Gasteiger partial charge in [-0.15, -0.1) is 0 Å². The number of hydrogen-bond acceptors (Lipinski definition) is 3. The van der Waals surface area contributed by atoms with Crippen molar-refractivity contribution >= 4 is 18.2 Å². The summed E-state index contributed by atoms with van der Waals surface area (Å²) in [6.07, 6.45) is 5.93. The van der Waals surface area contributed by atoms with Crippen LogP contribution in [0.2, 0.25) is 24.7 Å². The van der Waals surface area contributed by atoms with Crippen LogP contribution in [0.5, 0.6) is 0 Å². The minimum atomic E-state index is -3.26. The molecule has 16 heavy (non-hydrogen) atoms. The quantitative estimate of drug-likeness (QED) is 0.403. The zero-order chi connectivity index (χ0) is 12.4. The Bertz CT molecular complexity index is 324. The standard InChI is InChI=1S/C11H24O3SSi/c1-5-6-7-8-16(3,4)11-9-10(11)14-15(2,12)13/h10-11H,5-9H2,1-4H3. The van der Waals surface area contributed by atoms with Gasteiger partial charge in [-0.25, -0.2) is 0 Å². The highest BCUT2D eigenvalue weighted by Crippen LogP contribution is 2.50. The summed E-state index contributed by atoms with van der Waals surface area (Å²) in [4.78, 5) is 0. The van der Waals surface area contributed by atoms with E-state index in [1.165, 1.54) is 25.3 Å². The Morgan fingerprint density at radius 3 is 2.44 bits per heavy atom.